The van der Waals surface area contributed by atoms with Gasteiger partial charge in [-0.05, 0) is 43.4 Å². The van der Waals surface area contributed by atoms with E-state index in [0.717, 1.165) is 24.1 Å². The molecule has 1 atom stereocenters. The van der Waals surface area contributed by atoms with Crippen molar-refractivity contribution in [1.82, 2.24) is 15.2 Å². The number of hydrogen-bond acceptors (Lipinski definition) is 8. The summed E-state index contributed by atoms with van der Waals surface area (Å²) >= 11 is 0. The summed E-state index contributed by atoms with van der Waals surface area (Å²) in [7, 11) is 1.51. The van der Waals surface area contributed by atoms with E-state index in [-0.39, 0.29) is 77.9 Å². The number of nitrogens with one attached hydrogen (secondary N) is 2. The Morgan fingerprint density at radius 1 is 1.21 bits per heavy atom. The smallest absolute Gasteiger partial charge is 0.305 e. The van der Waals surface area contributed by atoms with Gasteiger partial charge in [0, 0.05) is 36.3 Å². The van der Waals surface area contributed by atoms with Crippen LogP contribution in [0, 0.1) is 5.41 Å². The molecule has 0 saturated heterocycles. The topological polar surface area (TPSA) is 145 Å². The molecule has 1 aromatic carbocycles. The third-order valence-electron chi connectivity index (χ3n) is 7.69. The van der Waals surface area contributed by atoms with Crippen molar-refractivity contribution in [3.8, 4) is 11.5 Å². The number of pyridine rings is 1. The Hall–Kier alpha value is -3.67. The van der Waals surface area contributed by atoms with Gasteiger partial charge in [-0.3, -0.25) is 19.8 Å². The third kappa shape index (κ3) is 5.95. The summed E-state index contributed by atoms with van der Waals surface area (Å²) in [6.45, 7) is 8.86. The highest BCUT2D eigenvalue weighted by Crippen LogP contribution is 2.47. The third-order valence-corrected chi connectivity index (χ3v) is 7.69. The first-order valence-corrected chi connectivity index (χ1v) is 14.0. The first kappa shape index (κ1) is 31.3. The lowest BCUT2D eigenvalue weighted by Crippen LogP contribution is -2.46. The standard InChI is InChI=1S/C30H37N5O6.BrH/c1-6-40-23-11-17-13-34(28(31)25(17)33-26(23)29(39)32-5)14-22(36)16-9-20(30(2,3)4)27-21(10-16)35(18-7-8-18)19(15-41-27)12-24(37)38;/h9-11,18-19,31H,6-8,12-15H2,1-5H3,(H,32,39)(H,37,38);1H. The number of rotatable bonds is 9. The van der Waals surface area contributed by atoms with Gasteiger partial charge in [-0.25, -0.2) is 4.98 Å². The number of anilines is 1. The molecule has 0 radical (unpaired) electrons. The first-order chi connectivity index (χ1) is 19.4. The van der Waals surface area contributed by atoms with Gasteiger partial charge in [0.2, 0.25) is 0 Å². The van der Waals surface area contributed by atoms with Crippen LogP contribution in [-0.2, 0) is 16.8 Å². The maximum atomic E-state index is 13.8. The minimum Gasteiger partial charge on any atom is -0.491 e. The summed E-state index contributed by atoms with van der Waals surface area (Å²) in [5, 5.41) is 20.8. The fourth-order valence-corrected chi connectivity index (χ4v) is 5.58. The van der Waals surface area contributed by atoms with Crippen LogP contribution in [-0.4, -0.2) is 77.4 Å². The van der Waals surface area contributed by atoms with Crippen molar-refractivity contribution in [3.63, 3.8) is 0 Å². The monoisotopic (exact) mass is 643 g/mol. The number of aromatic nitrogens is 1. The van der Waals surface area contributed by atoms with E-state index >= 15 is 0 Å². The van der Waals surface area contributed by atoms with Gasteiger partial charge in [-0.15, -0.1) is 17.0 Å². The number of benzene rings is 1. The highest BCUT2D eigenvalue weighted by atomic mass is 79.9. The zero-order valence-corrected chi connectivity index (χ0v) is 26.3. The lowest BCUT2D eigenvalue weighted by Gasteiger charge is -2.40. The van der Waals surface area contributed by atoms with E-state index in [4.69, 9.17) is 14.9 Å². The number of carbonyl (C=O) groups is 3. The molecule has 0 spiro atoms. The molecule has 226 valence electrons. The second kappa shape index (κ2) is 11.9. The fourth-order valence-electron chi connectivity index (χ4n) is 5.58. The number of Topliss-reactive ketones (excluding diaryl/α,β-unsaturated/α-hetero) is 1. The van der Waals surface area contributed by atoms with Gasteiger partial charge in [0.15, 0.2) is 17.2 Å². The molecule has 2 aromatic rings. The van der Waals surface area contributed by atoms with E-state index in [1.54, 1.807) is 11.0 Å². The lowest BCUT2D eigenvalue weighted by molar-refractivity contribution is -0.137. The number of carbonyl (C=O) groups excluding carboxylic acids is 2. The molecule has 42 heavy (non-hydrogen) atoms. The number of amides is 1. The molecule has 3 heterocycles. The Labute approximate surface area is 255 Å². The number of nitrogens with zero attached hydrogens (tertiary/aromatic N) is 3. The highest BCUT2D eigenvalue weighted by Gasteiger charge is 2.41. The Balaban J connectivity index is 0.00000405. The van der Waals surface area contributed by atoms with E-state index in [1.807, 2.05) is 19.1 Å². The van der Waals surface area contributed by atoms with E-state index in [9.17, 15) is 19.5 Å². The molecule has 1 saturated carbocycles. The van der Waals surface area contributed by atoms with E-state index in [2.05, 4.69) is 36.0 Å². The maximum absolute atomic E-state index is 13.8. The predicted molar refractivity (Wildman–Crippen MR) is 163 cm³/mol. The fraction of sp³-hybridized carbons (Fsp3) is 0.500. The average Bonchev–Trinajstić information content (AvgIpc) is 3.71. The number of halogens is 1. The lowest BCUT2D eigenvalue weighted by atomic mass is 9.83. The molecule has 0 bridgehead atoms. The Bertz CT molecular complexity index is 1430. The molecule has 2 aliphatic heterocycles. The van der Waals surface area contributed by atoms with Crippen LogP contribution in [0.4, 0.5) is 5.69 Å². The summed E-state index contributed by atoms with van der Waals surface area (Å²) in [6.07, 6.45) is 1.89. The zero-order valence-electron chi connectivity index (χ0n) is 24.6. The molecule has 5 rings (SSSR count). The molecule has 1 aromatic heterocycles. The van der Waals surface area contributed by atoms with Gasteiger partial charge in [0.25, 0.3) is 5.91 Å². The number of carboxylic acid groups (broad SMARTS) is 1. The van der Waals surface area contributed by atoms with Crippen molar-refractivity contribution in [1.29, 1.82) is 5.41 Å². The van der Waals surface area contributed by atoms with Gasteiger partial charge < -0.3 is 29.7 Å². The Kier molecular flexibility index (Phi) is 8.86. The van der Waals surface area contributed by atoms with Crippen LogP contribution < -0.4 is 19.7 Å². The normalized spacial score (nSPS) is 17.5. The average molecular weight is 645 g/mol. The summed E-state index contributed by atoms with van der Waals surface area (Å²) in [5.41, 5.74) is 2.97. The van der Waals surface area contributed by atoms with Crippen molar-refractivity contribution < 1.29 is 29.0 Å². The predicted octanol–water partition coefficient (Wildman–Crippen LogP) is 3.94. The zero-order chi connectivity index (χ0) is 29.6. The summed E-state index contributed by atoms with van der Waals surface area (Å²) < 4.78 is 11.8. The quantitative estimate of drug-likeness (QED) is 0.346. The molecule has 3 N–H and O–H groups in total. The van der Waals surface area contributed by atoms with E-state index < -0.39 is 11.9 Å². The molecule has 11 nitrogen and oxygen atoms in total. The van der Waals surface area contributed by atoms with E-state index in [0.29, 0.717) is 34.9 Å². The molecular formula is C30H38BrN5O6. The van der Waals surface area contributed by atoms with Gasteiger partial charge in [0.1, 0.15) is 23.9 Å². The number of amidine groups is 1. The molecule has 1 fully saturated rings. The van der Waals surface area contributed by atoms with Crippen LogP contribution in [0.2, 0.25) is 0 Å². The van der Waals surface area contributed by atoms with Crippen molar-refractivity contribution in [2.45, 2.75) is 71.0 Å². The van der Waals surface area contributed by atoms with E-state index in [1.165, 1.54) is 7.05 Å². The van der Waals surface area contributed by atoms with Gasteiger partial charge in [0.05, 0.1) is 31.3 Å². The summed E-state index contributed by atoms with van der Waals surface area (Å²) in [6, 6.07) is 5.32. The van der Waals surface area contributed by atoms with Gasteiger partial charge in [-0.1, -0.05) is 20.8 Å². The SMILES string of the molecule is Br.CCOc1cc2c(nc1C(=O)NC)C(=N)N(CC(=O)c1cc3c(c(C(C)(C)C)c1)OCC(CC(=O)O)N3C1CC1)C2. The largest absolute Gasteiger partial charge is 0.491 e. The first-order valence-electron chi connectivity index (χ1n) is 14.0. The van der Waals surface area contributed by atoms with Crippen LogP contribution in [0.1, 0.15) is 84.6 Å². The Morgan fingerprint density at radius 3 is 2.52 bits per heavy atom. The van der Waals surface area contributed by atoms with Crippen molar-refractivity contribution >= 4 is 46.2 Å². The number of hydrogen-bond donors (Lipinski definition) is 3. The van der Waals surface area contributed by atoms with Crippen LogP contribution in [0.25, 0.3) is 0 Å². The number of aliphatic carboxylic acids is 1. The molecule has 3 aliphatic rings. The second-order valence-electron chi connectivity index (χ2n) is 11.8. The molecule has 1 aliphatic carbocycles. The van der Waals surface area contributed by atoms with Crippen molar-refractivity contribution in [2.75, 3.05) is 31.7 Å². The van der Waals surface area contributed by atoms with Gasteiger partial charge >= 0.3 is 5.97 Å². The molecule has 1 amide bonds. The minimum atomic E-state index is -0.885. The van der Waals surface area contributed by atoms with Crippen LogP contribution in [0.3, 0.4) is 0 Å². The molecular weight excluding hydrogens is 606 g/mol. The number of ether oxygens (including phenoxy) is 2. The Morgan fingerprint density at radius 2 is 1.93 bits per heavy atom. The molecule has 1 unspecified atom stereocenters. The van der Waals surface area contributed by atoms with Crippen molar-refractivity contribution in [3.05, 3.63) is 46.3 Å². The number of fused-ring (bicyclic) bond motifs is 2. The summed E-state index contributed by atoms with van der Waals surface area (Å²) in [5.74, 6) is -0.358. The minimum absolute atomic E-state index is 0. The second-order valence-corrected chi connectivity index (χ2v) is 11.8. The van der Waals surface area contributed by atoms with Crippen LogP contribution in [0.15, 0.2) is 18.2 Å². The maximum Gasteiger partial charge on any atom is 0.305 e. The highest BCUT2D eigenvalue weighted by molar-refractivity contribution is 8.93. The van der Waals surface area contributed by atoms with Crippen LogP contribution in [0.5, 0.6) is 11.5 Å². The molecule has 12 heteroatoms. The summed E-state index contributed by atoms with van der Waals surface area (Å²) in [4.78, 5) is 46.1. The number of carboxylic acids is 1. The van der Waals surface area contributed by atoms with Crippen molar-refractivity contribution in [2.24, 2.45) is 0 Å². The number of ketones is 1. The van der Waals surface area contributed by atoms with Gasteiger partial charge in [-0.2, -0.15) is 0 Å². The van der Waals surface area contributed by atoms with Crippen LogP contribution >= 0.6 is 17.0 Å².